The molecule has 0 aromatic heterocycles. The molecule has 1 aromatic rings. The Labute approximate surface area is 115 Å². The molecule has 5 heteroatoms. The Morgan fingerprint density at radius 2 is 2.29 bits per heavy atom. The number of nitrogens with two attached hydrogens (primary N) is 1. The number of ether oxygens (including phenoxy) is 1. The molecule has 0 unspecified atom stereocenters. The van der Waals surface area contributed by atoms with Crippen molar-refractivity contribution in [2.24, 2.45) is 5.73 Å². The van der Waals surface area contributed by atoms with Crippen LogP contribution in [0.1, 0.15) is 12.8 Å². The van der Waals surface area contributed by atoms with Gasteiger partial charge >= 0.3 is 0 Å². The fraction of sp³-hybridized carbons (Fsp3) is 0.500. The van der Waals surface area contributed by atoms with Gasteiger partial charge in [0.2, 0.25) is 0 Å². The largest absolute Gasteiger partial charge is 0.381 e. The van der Waals surface area contributed by atoms with Gasteiger partial charge in [0.15, 0.2) is 0 Å². The zero-order valence-corrected chi connectivity index (χ0v) is 12.0. The van der Waals surface area contributed by atoms with Crippen LogP contribution < -0.4 is 11.1 Å². The van der Waals surface area contributed by atoms with E-state index in [4.69, 9.17) is 22.1 Å². The summed E-state index contributed by atoms with van der Waals surface area (Å²) >= 11 is 9.43. The zero-order chi connectivity index (χ0) is 12.5. The van der Waals surface area contributed by atoms with Crippen molar-refractivity contribution in [3.63, 3.8) is 0 Å². The van der Waals surface area contributed by atoms with E-state index in [9.17, 15) is 0 Å². The highest BCUT2D eigenvalue weighted by Crippen LogP contribution is 2.37. The van der Waals surface area contributed by atoms with Crippen molar-refractivity contribution in [2.45, 2.75) is 24.5 Å². The smallest absolute Gasteiger partial charge is 0.0616 e. The zero-order valence-electron chi connectivity index (χ0n) is 9.67. The second kappa shape index (κ2) is 5.14. The second-order valence-corrected chi connectivity index (χ2v) is 5.77. The van der Waals surface area contributed by atoms with E-state index in [1.807, 2.05) is 18.2 Å². The minimum absolute atomic E-state index is 0.0438. The number of nitrogens with one attached hydrogen (secondary N) is 1. The third kappa shape index (κ3) is 2.76. The maximum absolute atomic E-state index is 6.06. The number of methoxy groups -OCH3 is 1. The average Bonchev–Trinajstić information content (AvgIpc) is 2.28. The molecule has 3 N–H and O–H groups in total. The molecule has 0 saturated heterocycles. The quantitative estimate of drug-likeness (QED) is 0.897. The third-order valence-corrected chi connectivity index (χ3v) is 4.52. The van der Waals surface area contributed by atoms with Crippen LogP contribution in [0.5, 0.6) is 0 Å². The van der Waals surface area contributed by atoms with Crippen LogP contribution in [0, 0.1) is 0 Å². The lowest BCUT2D eigenvalue weighted by molar-refractivity contribution is -0.00244. The summed E-state index contributed by atoms with van der Waals surface area (Å²) in [7, 11) is 1.74. The van der Waals surface area contributed by atoms with Crippen molar-refractivity contribution >= 4 is 33.2 Å². The molecule has 0 aliphatic heterocycles. The van der Waals surface area contributed by atoms with Crippen molar-refractivity contribution in [3.05, 3.63) is 27.7 Å². The minimum atomic E-state index is -0.0438. The molecular formula is C12H16BrClN2O. The molecule has 0 amide bonds. The standard InChI is InChI=1S/C12H16BrClN2O/c1-17-9-5-12(6-9,7-15)16-8-2-3-10(13)11(14)4-8/h2-4,9,16H,5-7,15H2,1H3. The fourth-order valence-corrected chi connectivity index (χ4v) is 2.61. The van der Waals surface area contributed by atoms with Crippen LogP contribution in [0.4, 0.5) is 5.69 Å². The minimum Gasteiger partial charge on any atom is -0.381 e. The fourth-order valence-electron chi connectivity index (χ4n) is 2.18. The number of benzene rings is 1. The molecule has 0 spiro atoms. The van der Waals surface area contributed by atoms with Crippen molar-refractivity contribution in [2.75, 3.05) is 19.0 Å². The molecule has 94 valence electrons. The summed E-state index contributed by atoms with van der Waals surface area (Å²) in [4.78, 5) is 0. The van der Waals surface area contributed by atoms with E-state index in [1.54, 1.807) is 7.11 Å². The Balaban J connectivity index is 2.07. The van der Waals surface area contributed by atoms with Gasteiger partial charge in [0.05, 0.1) is 16.7 Å². The molecule has 3 nitrogen and oxygen atoms in total. The first-order valence-electron chi connectivity index (χ1n) is 5.55. The van der Waals surface area contributed by atoms with Gasteiger partial charge in [-0.1, -0.05) is 11.6 Å². The Kier molecular flexibility index (Phi) is 3.98. The number of hydrogen-bond acceptors (Lipinski definition) is 3. The lowest BCUT2D eigenvalue weighted by Gasteiger charge is -2.47. The van der Waals surface area contributed by atoms with Crippen LogP contribution in [0.25, 0.3) is 0 Å². The number of anilines is 1. The van der Waals surface area contributed by atoms with Crippen LogP contribution >= 0.6 is 27.5 Å². The van der Waals surface area contributed by atoms with E-state index < -0.39 is 0 Å². The Morgan fingerprint density at radius 3 is 2.82 bits per heavy atom. The van der Waals surface area contributed by atoms with Gasteiger partial charge in [0, 0.05) is 23.8 Å². The summed E-state index contributed by atoms with van der Waals surface area (Å²) in [5, 5.41) is 4.16. The molecule has 0 radical (unpaired) electrons. The molecule has 0 atom stereocenters. The van der Waals surface area contributed by atoms with Crippen LogP contribution in [0.2, 0.25) is 5.02 Å². The van der Waals surface area contributed by atoms with Gasteiger partial charge in [-0.05, 0) is 47.0 Å². The highest BCUT2D eigenvalue weighted by atomic mass is 79.9. The monoisotopic (exact) mass is 318 g/mol. The van der Waals surface area contributed by atoms with Crippen molar-refractivity contribution in [1.82, 2.24) is 0 Å². The van der Waals surface area contributed by atoms with E-state index in [2.05, 4.69) is 21.2 Å². The predicted molar refractivity (Wildman–Crippen MR) is 74.6 cm³/mol. The Morgan fingerprint density at radius 1 is 1.59 bits per heavy atom. The van der Waals surface area contributed by atoms with Crippen LogP contribution in [0.3, 0.4) is 0 Å². The number of hydrogen-bond donors (Lipinski definition) is 2. The highest BCUT2D eigenvalue weighted by Gasteiger charge is 2.43. The van der Waals surface area contributed by atoms with E-state index >= 15 is 0 Å². The van der Waals surface area contributed by atoms with Gasteiger partial charge in [0.25, 0.3) is 0 Å². The molecule has 1 aliphatic carbocycles. The van der Waals surface area contributed by atoms with Crippen LogP contribution in [-0.4, -0.2) is 25.3 Å². The molecule has 1 fully saturated rings. The molecule has 1 aliphatic rings. The van der Waals surface area contributed by atoms with Crippen molar-refractivity contribution in [3.8, 4) is 0 Å². The first-order valence-corrected chi connectivity index (χ1v) is 6.72. The average molecular weight is 320 g/mol. The van der Waals surface area contributed by atoms with Crippen LogP contribution in [-0.2, 0) is 4.74 Å². The summed E-state index contributed by atoms with van der Waals surface area (Å²) in [5.74, 6) is 0. The summed E-state index contributed by atoms with van der Waals surface area (Å²) in [6.07, 6.45) is 2.19. The van der Waals surface area contributed by atoms with E-state index in [-0.39, 0.29) is 5.54 Å². The van der Waals surface area contributed by atoms with Gasteiger partial charge < -0.3 is 15.8 Å². The Hall–Kier alpha value is -0.290. The third-order valence-electron chi connectivity index (χ3n) is 3.29. The SMILES string of the molecule is COC1CC(CN)(Nc2ccc(Br)c(Cl)c2)C1. The maximum atomic E-state index is 6.06. The lowest BCUT2D eigenvalue weighted by atomic mass is 9.74. The second-order valence-electron chi connectivity index (χ2n) is 4.50. The van der Waals surface area contributed by atoms with Crippen LogP contribution in [0.15, 0.2) is 22.7 Å². The predicted octanol–water partition coefficient (Wildman–Crippen LogP) is 3.02. The van der Waals surface area contributed by atoms with Gasteiger partial charge in [-0.2, -0.15) is 0 Å². The van der Waals surface area contributed by atoms with E-state index in [0.29, 0.717) is 17.7 Å². The lowest BCUT2D eigenvalue weighted by Crippen LogP contribution is -2.58. The summed E-state index contributed by atoms with van der Waals surface area (Å²) in [6, 6.07) is 5.83. The molecule has 2 rings (SSSR count). The molecular weight excluding hydrogens is 304 g/mol. The topological polar surface area (TPSA) is 47.3 Å². The van der Waals surface area contributed by atoms with Gasteiger partial charge in [0.1, 0.15) is 0 Å². The summed E-state index contributed by atoms with van der Waals surface area (Å²) < 4.78 is 6.19. The summed E-state index contributed by atoms with van der Waals surface area (Å²) in [6.45, 7) is 0.598. The molecule has 1 saturated carbocycles. The molecule has 17 heavy (non-hydrogen) atoms. The Bertz CT molecular complexity index is 407. The first-order chi connectivity index (χ1) is 8.08. The number of halogens is 2. The number of rotatable bonds is 4. The highest BCUT2D eigenvalue weighted by molar-refractivity contribution is 9.10. The molecule has 1 aromatic carbocycles. The van der Waals surface area contributed by atoms with Crippen molar-refractivity contribution in [1.29, 1.82) is 0 Å². The van der Waals surface area contributed by atoms with Gasteiger partial charge in [-0.3, -0.25) is 0 Å². The maximum Gasteiger partial charge on any atom is 0.0616 e. The summed E-state index contributed by atoms with van der Waals surface area (Å²) in [5.41, 5.74) is 6.80. The van der Waals surface area contributed by atoms with Crippen molar-refractivity contribution < 1.29 is 4.74 Å². The van der Waals surface area contributed by atoms with Gasteiger partial charge in [-0.15, -0.1) is 0 Å². The molecule has 0 heterocycles. The normalized spacial score (nSPS) is 27.6. The van der Waals surface area contributed by atoms with E-state index in [1.165, 1.54) is 0 Å². The molecule has 0 bridgehead atoms. The first kappa shape index (κ1) is 13.1. The van der Waals surface area contributed by atoms with Gasteiger partial charge in [-0.25, -0.2) is 0 Å². The van der Waals surface area contributed by atoms with E-state index in [0.717, 1.165) is 23.0 Å².